The summed E-state index contributed by atoms with van der Waals surface area (Å²) in [6, 6.07) is 5.30. The molecule has 0 fully saturated rings. The van der Waals surface area contributed by atoms with E-state index in [0.717, 1.165) is 5.56 Å². The number of nitrogen functional groups attached to an aromatic ring is 1. The van der Waals surface area contributed by atoms with E-state index in [9.17, 15) is 4.39 Å². The number of nitrogens with two attached hydrogens (primary N) is 1. The highest BCUT2D eigenvalue weighted by atomic mass is 79.9. The Morgan fingerprint density at radius 3 is 2.50 bits per heavy atom. The van der Waals surface area contributed by atoms with Gasteiger partial charge in [-0.1, -0.05) is 13.8 Å². The highest BCUT2D eigenvalue weighted by Gasteiger charge is 2.15. The number of anilines is 1. The Morgan fingerprint density at radius 2 is 2.00 bits per heavy atom. The predicted molar refractivity (Wildman–Crippen MR) is 74.8 cm³/mol. The zero-order chi connectivity index (χ0) is 13.4. The molecule has 1 aromatic carbocycles. The second-order valence-electron chi connectivity index (χ2n) is 4.60. The summed E-state index contributed by atoms with van der Waals surface area (Å²) in [4.78, 5) is 0. The van der Waals surface area contributed by atoms with E-state index in [1.54, 1.807) is 19.2 Å². The minimum atomic E-state index is -0.308. The molecule has 5 heteroatoms. The van der Waals surface area contributed by atoms with E-state index in [0.29, 0.717) is 27.5 Å². The molecule has 1 heterocycles. The predicted octanol–water partition coefficient (Wildman–Crippen LogP) is 3.69. The Balaban J connectivity index is 2.62. The summed E-state index contributed by atoms with van der Waals surface area (Å²) in [5.41, 5.74) is 7.81. The molecule has 96 valence electrons. The number of hydrogen-bond donors (Lipinski definition) is 1. The smallest absolute Gasteiger partial charge is 0.146 e. The van der Waals surface area contributed by atoms with Crippen molar-refractivity contribution in [2.45, 2.75) is 19.8 Å². The van der Waals surface area contributed by atoms with Gasteiger partial charge >= 0.3 is 0 Å². The van der Waals surface area contributed by atoms with Crippen LogP contribution in [0.4, 0.5) is 10.2 Å². The van der Waals surface area contributed by atoms with Gasteiger partial charge in [-0.3, -0.25) is 4.68 Å². The van der Waals surface area contributed by atoms with Gasteiger partial charge in [-0.2, -0.15) is 5.10 Å². The van der Waals surface area contributed by atoms with Crippen molar-refractivity contribution < 1.29 is 4.39 Å². The minimum Gasteiger partial charge on any atom is -0.384 e. The van der Waals surface area contributed by atoms with E-state index < -0.39 is 0 Å². The molecule has 2 N–H and O–H groups in total. The van der Waals surface area contributed by atoms with Crippen molar-refractivity contribution in [3.63, 3.8) is 0 Å². The van der Waals surface area contributed by atoms with Crippen LogP contribution in [-0.2, 0) is 7.05 Å². The van der Waals surface area contributed by atoms with Gasteiger partial charge in [0.15, 0.2) is 0 Å². The fourth-order valence-corrected chi connectivity index (χ4v) is 2.22. The zero-order valence-corrected chi connectivity index (χ0v) is 12.1. The number of halogens is 2. The van der Waals surface area contributed by atoms with Crippen LogP contribution in [-0.4, -0.2) is 9.78 Å². The normalized spacial score (nSPS) is 11.2. The Labute approximate surface area is 114 Å². The minimum absolute atomic E-state index is 0.308. The van der Waals surface area contributed by atoms with Gasteiger partial charge in [-0.05, 0) is 39.5 Å². The number of hydrogen-bond acceptors (Lipinski definition) is 2. The third kappa shape index (κ3) is 2.27. The van der Waals surface area contributed by atoms with Crippen molar-refractivity contribution in [1.82, 2.24) is 9.78 Å². The zero-order valence-electron chi connectivity index (χ0n) is 10.5. The van der Waals surface area contributed by atoms with E-state index in [-0.39, 0.29) is 5.82 Å². The van der Waals surface area contributed by atoms with Gasteiger partial charge < -0.3 is 5.73 Å². The maximum Gasteiger partial charge on any atom is 0.146 e. The molecule has 2 aromatic rings. The summed E-state index contributed by atoms with van der Waals surface area (Å²) in [6.45, 7) is 4.13. The van der Waals surface area contributed by atoms with Crippen LogP contribution in [0.15, 0.2) is 22.7 Å². The van der Waals surface area contributed by atoms with Crippen molar-refractivity contribution in [2.24, 2.45) is 7.05 Å². The van der Waals surface area contributed by atoms with Gasteiger partial charge in [-0.15, -0.1) is 0 Å². The Hall–Kier alpha value is -1.36. The molecule has 0 radical (unpaired) electrons. The monoisotopic (exact) mass is 311 g/mol. The average Bonchev–Trinajstić information content (AvgIpc) is 2.62. The lowest BCUT2D eigenvalue weighted by Crippen LogP contribution is -1.97. The Bertz CT molecular complexity index is 571. The van der Waals surface area contributed by atoms with Crippen LogP contribution in [0.3, 0.4) is 0 Å². The first-order chi connectivity index (χ1) is 8.40. The quantitative estimate of drug-likeness (QED) is 0.919. The molecule has 2 rings (SSSR count). The third-order valence-electron chi connectivity index (χ3n) is 2.91. The second-order valence-corrected chi connectivity index (χ2v) is 5.45. The number of rotatable bonds is 2. The van der Waals surface area contributed by atoms with Gasteiger partial charge in [0.05, 0.1) is 10.2 Å². The second kappa shape index (κ2) is 4.72. The summed E-state index contributed by atoms with van der Waals surface area (Å²) in [5, 5.41) is 4.21. The summed E-state index contributed by atoms with van der Waals surface area (Å²) in [6.07, 6.45) is 0. The fourth-order valence-electron chi connectivity index (χ4n) is 1.74. The topological polar surface area (TPSA) is 43.8 Å². The molecule has 0 spiro atoms. The molecule has 0 bridgehead atoms. The largest absolute Gasteiger partial charge is 0.384 e. The molecular formula is C13H15BrFN3. The number of nitrogens with zero attached hydrogens (tertiary/aromatic N) is 2. The highest BCUT2D eigenvalue weighted by molar-refractivity contribution is 9.10. The Morgan fingerprint density at radius 1 is 1.33 bits per heavy atom. The maximum absolute atomic E-state index is 14.1. The molecule has 0 amide bonds. The first-order valence-corrected chi connectivity index (χ1v) is 6.48. The molecule has 18 heavy (non-hydrogen) atoms. The summed E-state index contributed by atoms with van der Waals surface area (Å²) < 4.78 is 16.1. The van der Waals surface area contributed by atoms with Crippen LogP contribution in [0.2, 0.25) is 0 Å². The Kier molecular flexibility index (Phi) is 3.43. The third-order valence-corrected chi connectivity index (χ3v) is 3.49. The fraction of sp³-hybridized carbons (Fsp3) is 0.308. The first kappa shape index (κ1) is 13.1. The van der Waals surface area contributed by atoms with Crippen molar-refractivity contribution in [3.8, 4) is 11.3 Å². The summed E-state index contributed by atoms with van der Waals surface area (Å²) in [7, 11) is 1.73. The first-order valence-electron chi connectivity index (χ1n) is 5.69. The molecule has 0 unspecified atom stereocenters. The van der Waals surface area contributed by atoms with Crippen LogP contribution >= 0.6 is 15.9 Å². The molecule has 0 saturated carbocycles. The van der Waals surface area contributed by atoms with Gasteiger partial charge in [-0.25, -0.2) is 4.39 Å². The van der Waals surface area contributed by atoms with Gasteiger partial charge in [0.2, 0.25) is 0 Å². The molecule has 0 aliphatic heterocycles. The van der Waals surface area contributed by atoms with Gasteiger partial charge in [0.1, 0.15) is 11.6 Å². The number of aryl methyl sites for hydroxylation is 1. The van der Waals surface area contributed by atoms with Crippen LogP contribution in [0.25, 0.3) is 11.3 Å². The lowest BCUT2D eigenvalue weighted by atomic mass is 9.99. The molecule has 0 saturated heterocycles. The molecule has 0 aliphatic carbocycles. The molecular weight excluding hydrogens is 297 g/mol. The highest BCUT2D eigenvalue weighted by Crippen LogP contribution is 2.32. The lowest BCUT2D eigenvalue weighted by Gasteiger charge is -2.10. The standard InChI is InChI=1S/C13H15BrFN3/c1-7(2)8-4-9(13(15)10(14)5-8)11-6-12(16)18(3)17-11/h4-7H,16H2,1-3H3. The van der Waals surface area contributed by atoms with Gasteiger partial charge in [0.25, 0.3) is 0 Å². The lowest BCUT2D eigenvalue weighted by molar-refractivity contribution is 0.621. The van der Waals surface area contributed by atoms with Crippen molar-refractivity contribution in [3.05, 3.63) is 34.1 Å². The summed E-state index contributed by atoms with van der Waals surface area (Å²) >= 11 is 3.25. The molecule has 0 atom stereocenters. The van der Waals surface area contributed by atoms with Gasteiger partial charge in [0, 0.05) is 18.7 Å². The van der Waals surface area contributed by atoms with Crippen molar-refractivity contribution in [2.75, 3.05) is 5.73 Å². The van der Waals surface area contributed by atoms with E-state index in [4.69, 9.17) is 5.73 Å². The van der Waals surface area contributed by atoms with Crippen molar-refractivity contribution in [1.29, 1.82) is 0 Å². The number of benzene rings is 1. The maximum atomic E-state index is 14.1. The van der Waals surface area contributed by atoms with Crippen LogP contribution in [0, 0.1) is 5.82 Å². The van der Waals surface area contributed by atoms with Crippen LogP contribution < -0.4 is 5.73 Å². The average molecular weight is 312 g/mol. The van der Waals surface area contributed by atoms with E-state index >= 15 is 0 Å². The summed E-state index contributed by atoms with van der Waals surface area (Å²) in [5.74, 6) is 0.523. The molecule has 1 aromatic heterocycles. The molecule has 3 nitrogen and oxygen atoms in total. The van der Waals surface area contributed by atoms with Crippen LogP contribution in [0.5, 0.6) is 0 Å². The number of aromatic nitrogens is 2. The van der Waals surface area contributed by atoms with E-state index in [1.807, 2.05) is 6.07 Å². The van der Waals surface area contributed by atoms with E-state index in [1.165, 1.54) is 4.68 Å². The SMILES string of the molecule is CC(C)c1cc(Br)c(F)c(-c2cc(N)n(C)n2)c1. The van der Waals surface area contributed by atoms with Crippen molar-refractivity contribution >= 4 is 21.7 Å². The molecule has 0 aliphatic rings. The van der Waals surface area contributed by atoms with E-state index in [2.05, 4.69) is 34.9 Å². The van der Waals surface area contributed by atoms with Crippen LogP contribution in [0.1, 0.15) is 25.3 Å².